The summed E-state index contributed by atoms with van der Waals surface area (Å²) in [5.41, 5.74) is 7.03. The van der Waals surface area contributed by atoms with E-state index in [-0.39, 0.29) is 12.2 Å². The van der Waals surface area contributed by atoms with Crippen LogP contribution >= 0.6 is 0 Å². The molecule has 1 saturated heterocycles. The maximum atomic E-state index is 12.3. The van der Waals surface area contributed by atoms with E-state index in [2.05, 4.69) is 5.32 Å². The second-order valence-electron chi connectivity index (χ2n) is 7.01. The largest absolute Gasteiger partial charge is 0.445 e. The van der Waals surface area contributed by atoms with Crippen molar-refractivity contribution in [3.05, 3.63) is 35.9 Å². The highest BCUT2D eigenvalue weighted by atomic mass is 16.6. The quantitative estimate of drug-likeness (QED) is 0.850. The van der Waals surface area contributed by atoms with E-state index in [1.165, 1.54) is 12.8 Å². The molecule has 1 aromatic carbocycles. The summed E-state index contributed by atoms with van der Waals surface area (Å²) in [7, 11) is 0. The molecule has 25 heavy (non-hydrogen) atoms. The molecule has 3 N–H and O–H groups in total. The maximum absolute atomic E-state index is 12.3. The molecule has 6 nitrogen and oxygen atoms in total. The molecule has 1 aromatic rings. The molecule has 0 bridgehead atoms. The maximum Gasteiger partial charge on any atom is 0.410 e. The summed E-state index contributed by atoms with van der Waals surface area (Å²) < 4.78 is 11.2. The molecule has 3 unspecified atom stereocenters. The van der Waals surface area contributed by atoms with Gasteiger partial charge in [-0.15, -0.1) is 0 Å². The molecule has 2 fully saturated rings. The minimum atomic E-state index is -0.267. The van der Waals surface area contributed by atoms with Gasteiger partial charge in [-0.25, -0.2) is 4.79 Å². The smallest absolute Gasteiger partial charge is 0.410 e. The van der Waals surface area contributed by atoms with Gasteiger partial charge in [-0.2, -0.15) is 0 Å². The number of ether oxygens (including phenoxy) is 2. The van der Waals surface area contributed by atoms with Crippen molar-refractivity contribution in [2.75, 3.05) is 26.2 Å². The van der Waals surface area contributed by atoms with E-state index in [0.717, 1.165) is 24.9 Å². The number of hydrogen-bond acceptors (Lipinski definition) is 5. The standard InChI is InChI=1S/C19H29N3O3/c20-16-7-4-8-17(11-16)21-12-18-13-22(9-10-24-18)19(23)25-14-15-5-2-1-3-6-15/h1-3,5-6,16-18,21H,4,7-14,20H2. The molecule has 2 aliphatic rings. The molecule has 3 rings (SSSR count). The van der Waals surface area contributed by atoms with Crippen molar-refractivity contribution in [1.82, 2.24) is 10.2 Å². The predicted octanol–water partition coefficient (Wildman–Crippen LogP) is 1.88. The zero-order chi connectivity index (χ0) is 17.5. The Morgan fingerprint density at radius 3 is 2.96 bits per heavy atom. The van der Waals surface area contributed by atoms with E-state index in [0.29, 0.717) is 38.4 Å². The zero-order valence-corrected chi connectivity index (χ0v) is 14.7. The molecule has 1 aliphatic heterocycles. The third-order valence-electron chi connectivity index (χ3n) is 4.95. The van der Waals surface area contributed by atoms with Crippen molar-refractivity contribution in [3.8, 4) is 0 Å². The molecule has 6 heteroatoms. The first-order valence-corrected chi connectivity index (χ1v) is 9.27. The SMILES string of the molecule is NC1CCCC(NCC2CN(C(=O)OCc3ccccc3)CCO2)C1. The molecule has 0 radical (unpaired) electrons. The normalized spacial score (nSPS) is 27.1. The van der Waals surface area contributed by atoms with Gasteiger partial charge in [0.1, 0.15) is 6.61 Å². The van der Waals surface area contributed by atoms with Crippen LogP contribution in [0, 0.1) is 0 Å². The number of benzene rings is 1. The van der Waals surface area contributed by atoms with Crippen LogP contribution in [0.2, 0.25) is 0 Å². The van der Waals surface area contributed by atoms with E-state index in [4.69, 9.17) is 15.2 Å². The van der Waals surface area contributed by atoms with Gasteiger partial charge >= 0.3 is 6.09 Å². The zero-order valence-electron chi connectivity index (χ0n) is 14.7. The topological polar surface area (TPSA) is 76.8 Å². The van der Waals surface area contributed by atoms with Crippen LogP contribution < -0.4 is 11.1 Å². The van der Waals surface area contributed by atoms with Crippen LogP contribution in [0.4, 0.5) is 4.79 Å². The van der Waals surface area contributed by atoms with Crippen LogP contribution in [0.1, 0.15) is 31.2 Å². The molecule has 3 atom stereocenters. The summed E-state index contributed by atoms with van der Waals surface area (Å²) in [5, 5.41) is 3.56. The number of nitrogens with two attached hydrogens (primary N) is 1. The van der Waals surface area contributed by atoms with Gasteiger partial charge in [0.25, 0.3) is 0 Å². The lowest BCUT2D eigenvalue weighted by Gasteiger charge is -2.34. The van der Waals surface area contributed by atoms with Gasteiger partial charge in [0.2, 0.25) is 0 Å². The molecule has 138 valence electrons. The predicted molar refractivity (Wildman–Crippen MR) is 96.2 cm³/mol. The summed E-state index contributed by atoms with van der Waals surface area (Å²) in [6, 6.07) is 10.5. The Kier molecular flexibility index (Phi) is 6.67. The first kappa shape index (κ1) is 18.2. The molecule has 1 heterocycles. The van der Waals surface area contributed by atoms with Crippen LogP contribution in [0.15, 0.2) is 30.3 Å². The van der Waals surface area contributed by atoms with Crippen LogP contribution in [0.25, 0.3) is 0 Å². The molecule has 0 spiro atoms. The fourth-order valence-corrected chi connectivity index (χ4v) is 3.53. The lowest BCUT2D eigenvalue weighted by atomic mass is 9.91. The van der Waals surface area contributed by atoms with Crippen molar-refractivity contribution in [2.45, 2.75) is 50.5 Å². The lowest BCUT2D eigenvalue weighted by Crippen LogP contribution is -2.51. The number of nitrogens with one attached hydrogen (secondary N) is 1. The van der Waals surface area contributed by atoms with Crippen molar-refractivity contribution < 1.29 is 14.3 Å². The Labute approximate surface area is 149 Å². The monoisotopic (exact) mass is 347 g/mol. The van der Waals surface area contributed by atoms with E-state index < -0.39 is 0 Å². The highest BCUT2D eigenvalue weighted by Crippen LogP contribution is 2.17. The summed E-state index contributed by atoms with van der Waals surface area (Å²) in [4.78, 5) is 14.0. The van der Waals surface area contributed by atoms with Gasteiger partial charge in [-0.05, 0) is 24.8 Å². The molecule has 0 aromatic heterocycles. The van der Waals surface area contributed by atoms with Crippen molar-refractivity contribution >= 4 is 6.09 Å². The van der Waals surface area contributed by atoms with E-state index in [9.17, 15) is 4.79 Å². The first-order valence-electron chi connectivity index (χ1n) is 9.27. The van der Waals surface area contributed by atoms with E-state index >= 15 is 0 Å². The van der Waals surface area contributed by atoms with Crippen molar-refractivity contribution in [2.24, 2.45) is 5.73 Å². The Hall–Kier alpha value is -1.63. The van der Waals surface area contributed by atoms with Gasteiger partial charge in [0.05, 0.1) is 19.3 Å². The molecule has 1 aliphatic carbocycles. The number of carbonyl (C=O) groups is 1. The highest BCUT2D eigenvalue weighted by molar-refractivity contribution is 5.67. The van der Waals surface area contributed by atoms with Gasteiger partial charge in [-0.1, -0.05) is 36.8 Å². The first-order chi connectivity index (χ1) is 12.2. The van der Waals surface area contributed by atoms with Gasteiger partial charge < -0.3 is 25.4 Å². The van der Waals surface area contributed by atoms with Crippen LogP contribution in [0.3, 0.4) is 0 Å². The minimum Gasteiger partial charge on any atom is -0.445 e. The molecular weight excluding hydrogens is 318 g/mol. The minimum absolute atomic E-state index is 0.0103. The Bertz CT molecular complexity index is 540. The van der Waals surface area contributed by atoms with Crippen LogP contribution in [-0.2, 0) is 16.1 Å². The van der Waals surface area contributed by atoms with Crippen molar-refractivity contribution in [3.63, 3.8) is 0 Å². The average Bonchev–Trinajstić information content (AvgIpc) is 2.65. The summed E-state index contributed by atoms with van der Waals surface area (Å²) in [6.45, 7) is 2.76. The lowest BCUT2D eigenvalue weighted by molar-refractivity contribution is -0.0284. The second-order valence-corrected chi connectivity index (χ2v) is 7.01. The molecular formula is C19H29N3O3. The fraction of sp³-hybridized carbons (Fsp3) is 0.632. The molecule has 1 saturated carbocycles. The number of carbonyl (C=O) groups excluding carboxylic acids is 1. The van der Waals surface area contributed by atoms with Gasteiger partial charge in [-0.3, -0.25) is 0 Å². The van der Waals surface area contributed by atoms with Gasteiger partial charge in [0, 0.05) is 25.2 Å². The second kappa shape index (κ2) is 9.17. The van der Waals surface area contributed by atoms with Crippen LogP contribution in [-0.4, -0.2) is 55.4 Å². The van der Waals surface area contributed by atoms with E-state index in [1.807, 2.05) is 30.3 Å². The summed E-state index contributed by atoms with van der Waals surface area (Å²) >= 11 is 0. The Morgan fingerprint density at radius 2 is 2.16 bits per heavy atom. The number of morpholine rings is 1. The number of nitrogens with zero attached hydrogens (tertiary/aromatic N) is 1. The van der Waals surface area contributed by atoms with Gasteiger partial charge in [0.15, 0.2) is 0 Å². The third-order valence-corrected chi connectivity index (χ3v) is 4.95. The Balaban J connectivity index is 1.40. The average molecular weight is 347 g/mol. The number of hydrogen-bond donors (Lipinski definition) is 2. The summed E-state index contributed by atoms with van der Waals surface area (Å²) in [6.07, 6.45) is 4.24. The number of amides is 1. The fourth-order valence-electron chi connectivity index (χ4n) is 3.53. The Morgan fingerprint density at radius 1 is 1.32 bits per heavy atom. The van der Waals surface area contributed by atoms with E-state index in [1.54, 1.807) is 4.90 Å². The number of rotatable bonds is 5. The summed E-state index contributed by atoms with van der Waals surface area (Å²) in [5.74, 6) is 0. The third kappa shape index (κ3) is 5.70. The highest BCUT2D eigenvalue weighted by Gasteiger charge is 2.26. The van der Waals surface area contributed by atoms with Crippen molar-refractivity contribution in [1.29, 1.82) is 0 Å². The molecule has 1 amide bonds. The van der Waals surface area contributed by atoms with Crippen LogP contribution in [0.5, 0.6) is 0 Å².